The minimum absolute atomic E-state index is 0.134. The van der Waals surface area contributed by atoms with E-state index in [1.165, 1.54) is 12.8 Å². The normalized spacial score (nSPS) is 22.0. The molecule has 0 aromatic heterocycles. The molecule has 0 bridgehead atoms. The monoisotopic (exact) mass is 347 g/mol. The highest BCUT2D eigenvalue weighted by molar-refractivity contribution is 7.97. The molecule has 2 saturated heterocycles. The summed E-state index contributed by atoms with van der Waals surface area (Å²) in [5.41, 5.74) is 6.02. The summed E-state index contributed by atoms with van der Waals surface area (Å²) < 4.78 is 0. The molecule has 0 unspecified atom stereocenters. The lowest BCUT2D eigenvalue weighted by molar-refractivity contribution is -0.136. The van der Waals surface area contributed by atoms with Crippen molar-refractivity contribution in [1.29, 1.82) is 0 Å². The number of aliphatic carboxylic acids is 1. The van der Waals surface area contributed by atoms with Crippen molar-refractivity contribution in [3.63, 3.8) is 0 Å². The molecule has 7 nitrogen and oxygen atoms in total. The number of nitrogens with zero attached hydrogens (tertiary/aromatic N) is 2. The maximum Gasteiger partial charge on any atom is 0.317 e. The van der Waals surface area contributed by atoms with Crippen LogP contribution in [0.2, 0.25) is 0 Å². The molecule has 0 saturated carbocycles. The predicted molar refractivity (Wildman–Crippen MR) is 89.8 cm³/mol. The Labute approximate surface area is 138 Å². The molecule has 9 heteroatoms. The summed E-state index contributed by atoms with van der Waals surface area (Å²) in [6, 6.07) is 0. The molecule has 0 spiro atoms. The highest BCUT2D eigenvalue weighted by Gasteiger charge is 2.33. The number of carboxylic acid groups (broad SMARTS) is 1. The molecule has 0 aliphatic carbocycles. The van der Waals surface area contributed by atoms with Crippen molar-refractivity contribution in [3.8, 4) is 0 Å². The number of rotatable bonds is 8. The summed E-state index contributed by atoms with van der Waals surface area (Å²) in [5, 5.41) is 16.4. The van der Waals surface area contributed by atoms with Gasteiger partial charge in [-0.3, -0.25) is 10.1 Å². The van der Waals surface area contributed by atoms with Gasteiger partial charge in [-0.1, -0.05) is 24.6 Å². The van der Waals surface area contributed by atoms with Crippen LogP contribution in [0.5, 0.6) is 0 Å². The smallest absolute Gasteiger partial charge is 0.317 e. The second-order valence-corrected chi connectivity index (χ2v) is 7.27. The van der Waals surface area contributed by atoms with Crippen LogP contribution in [-0.2, 0) is 16.6 Å². The van der Waals surface area contributed by atoms with Gasteiger partial charge in [-0.25, -0.2) is 20.9 Å². The lowest BCUT2D eigenvalue weighted by Gasteiger charge is -2.42. The van der Waals surface area contributed by atoms with Gasteiger partial charge in [0.05, 0.1) is 6.54 Å². The molecule has 0 aromatic rings. The lowest BCUT2D eigenvalue weighted by atomic mass is 10.2. The number of carboxylic acids is 1. The van der Waals surface area contributed by atoms with Crippen molar-refractivity contribution in [2.45, 2.75) is 44.1 Å². The summed E-state index contributed by atoms with van der Waals surface area (Å²) >= 11 is 5.31. The molecule has 2 heterocycles. The molecule has 126 valence electrons. The van der Waals surface area contributed by atoms with E-state index in [9.17, 15) is 4.79 Å². The van der Waals surface area contributed by atoms with Crippen LogP contribution in [0.1, 0.15) is 38.5 Å². The number of carbonyl (C=O) groups is 1. The Morgan fingerprint density at radius 2 is 1.45 bits per heavy atom. The fourth-order valence-corrected chi connectivity index (χ4v) is 3.80. The first-order valence-electron chi connectivity index (χ1n) is 8.00. The predicted octanol–water partition coefficient (Wildman–Crippen LogP) is 0.661. The van der Waals surface area contributed by atoms with Crippen LogP contribution in [0.25, 0.3) is 0 Å². The van der Waals surface area contributed by atoms with Crippen molar-refractivity contribution >= 4 is 25.1 Å². The highest BCUT2D eigenvalue weighted by atomic mass is 32.4. The van der Waals surface area contributed by atoms with Crippen molar-refractivity contribution in [3.05, 3.63) is 0 Å². The molecule has 0 aromatic carbocycles. The molecular weight excluding hydrogens is 321 g/mol. The van der Waals surface area contributed by atoms with Gasteiger partial charge in [0, 0.05) is 33.5 Å². The number of hydrogen-bond donors (Lipinski definition) is 4. The molecule has 22 heavy (non-hydrogen) atoms. The topological polar surface area (TPSA) is 79.9 Å². The van der Waals surface area contributed by atoms with Gasteiger partial charge in [0.25, 0.3) is 0 Å². The van der Waals surface area contributed by atoms with Gasteiger partial charge in [0.1, 0.15) is 0 Å². The standard InChI is InChI=1S/C13H26N5O2PS/c19-12(20)11-14-13(21-22,15-17-7-3-1-4-8-17)16-18-9-5-2-6-10-18/h14-16H,1-11H2,(H,19,20). The summed E-state index contributed by atoms with van der Waals surface area (Å²) in [7, 11) is 0.610. The first kappa shape index (κ1) is 18.1. The largest absolute Gasteiger partial charge is 0.480 e. The minimum Gasteiger partial charge on any atom is -0.480 e. The maximum atomic E-state index is 11.0. The number of hydrazine groups is 2. The first-order valence-corrected chi connectivity index (χ1v) is 9.91. The Hall–Kier alpha value is -0.210. The van der Waals surface area contributed by atoms with E-state index >= 15 is 0 Å². The van der Waals surface area contributed by atoms with E-state index in [2.05, 4.69) is 26.2 Å². The summed E-state index contributed by atoms with van der Waals surface area (Å²) in [6.45, 7) is 3.71. The zero-order valence-electron chi connectivity index (χ0n) is 12.9. The van der Waals surface area contributed by atoms with Gasteiger partial charge < -0.3 is 5.11 Å². The molecule has 2 rings (SSSR count). The summed E-state index contributed by atoms with van der Waals surface area (Å²) in [5.74, 6) is -0.885. The Morgan fingerprint density at radius 3 is 1.82 bits per heavy atom. The highest BCUT2D eigenvalue weighted by Crippen LogP contribution is 2.19. The van der Waals surface area contributed by atoms with Crippen molar-refractivity contribution in [2.75, 3.05) is 32.7 Å². The third-order valence-corrected chi connectivity index (χ3v) is 5.44. The van der Waals surface area contributed by atoms with Crippen LogP contribution in [-0.4, -0.2) is 59.3 Å². The van der Waals surface area contributed by atoms with Crippen molar-refractivity contribution in [1.82, 2.24) is 26.2 Å². The number of piperidine rings is 2. The molecule has 0 atom stereocenters. The van der Waals surface area contributed by atoms with Gasteiger partial charge in [-0.2, -0.15) is 0 Å². The Bertz CT molecular complexity index is 355. The molecular formula is C13H26N5O2PS. The molecule has 0 amide bonds. The van der Waals surface area contributed by atoms with E-state index < -0.39 is 11.5 Å². The van der Waals surface area contributed by atoms with Gasteiger partial charge in [0.15, 0.2) is 0 Å². The number of nitrogens with one attached hydrogen (secondary N) is 3. The minimum atomic E-state index is -0.885. The van der Waals surface area contributed by atoms with Crippen LogP contribution in [0.15, 0.2) is 0 Å². The van der Waals surface area contributed by atoms with Crippen LogP contribution >= 0.6 is 7.36 Å². The van der Waals surface area contributed by atoms with E-state index in [1.807, 2.05) is 0 Å². The Morgan fingerprint density at radius 1 is 1.00 bits per heavy atom. The zero-order valence-corrected chi connectivity index (χ0v) is 14.6. The van der Waals surface area contributed by atoms with Crippen molar-refractivity contribution < 1.29 is 9.90 Å². The zero-order chi connectivity index (χ0) is 15.8. The average molecular weight is 347 g/mol. The molecule has 2 aliphatic rings. The van der Waals surface area contributed by atoms with E-state index in [-0.39, 0.29) is 6.54 Å². The first-order chi connectivity index (χ1) is 10.6. The van der Waals surface area contributed by atoms with Gasteiger partial charge in [0.2, 0.25) is 5.53 Å². The number of hydrogen-bond acceptors (Lipinski definition) is 7. The molecule has 0 radical (unpaired) electrons. The van der Waals surface area contributed by atoms with Crippen molar-refractivity contribution in [2.24, 2.45) is 0 Å². The summed E-state index contributed by atoms with van der Waals surface area (Å²) in [6.07, 6.45) is 7.11. The van der Waals surface area contributed by atoms with Gasteiger partial charge >= 0.3 is 5.97 Å². The van der Waals surface area contributed by atoms with E-state index in [1.54, 1.807) is 0 Å². The van der Waals surface area contributed by atoms with Gasteiger partial charge in [-0.05, 0) is 25.7 Å². The van der Waals surface area contributed by atoms with Crippen LogP contribution in [0, 0.1) is 0 Å². The SMILES string of the molecule is O=C(O)CNC(NN1CCCCC1)(NN1CCCCC1)P=S. The quantitative estimate of drug-likeness (QED) is 0.377. The lowest BCUT2D eigenvalue weighted by Crippen LogP contribution is -2.71. The van der Waals surface area contributed by atoms with E-state index in [0.717, 1.165) is 51.9 Å². The fourth-order valence-electron chi connectivity index (χ4n) is 2.85. The Balaban J connectivity index is 2.01. The molecule has 2 fully saturated rings. The maximum absolute atomic E-state index is 11.0. The average Bonchev–Trinajstić information content (AvgIpc) is 2.54. The van der Waals surface area contributed by atoms with E-state index in [0.29, 0.717) is 7.36 Å². The van der Waals surface area contributed by atoms with E-state index in [4.69, 9.17) is 16.9 Å². The van der Waals surface area contributed by atoms with Crippen LogP contribution in [0.4, 0.5) is 0 Å². The van der Waals surface area contributed by atoms with Gasteiger partial charge in [-0.15, -0.1) is 0 Å². The fraction of sp³-hybridized carbons (Fsp3) is 0.923. The second kappa shape index (κ2) is 9.17. The summed E-state index contributed by atoms with van der Waals surface area (Å²) in [4.78, 5) is 11.0. The molecule has 2 aliphatic heterocycles. The Kier molecular flexibility index (Phi) is 7.56. The third kappa shape index (κ3) is 5.77. The van der Waals surface area contributed by atoms with Crippen LogP contribution < -0.4 is 16.2 Å². The molecule has 4 N–H and O–H groups in total. The second-order valence-electron chi connectivity index (χ2n) is 5.87. The van der Waals surface area contributed by atoms with Crippen LogP contribution in [0.3, 0.4) is 0 Å². The third-order valence-electron chi connectivity index (χ3n) is 3.98.